The molecule has 0 spiro atoms. The van der Waals surface area contributed by atoms with Crippen molar-refractivity contribution in [2.45, 2.75) is 13.0 Å². The van der Waals surface area contributed by atoms with Crippen LogP contribution < -0.4 is 0 Å². The summed E-state index contributed by atoms with van der Waals surface area (Å²) in [6.45, 7) is 1.50. The molecule has 0 saturated heterocycles. The standard InChI is InChI=1S/C11H13NO3/c1-9(11(13)15-2)12(14)8-10-6-4-3-5-7-10/h3-9H,1-2H3/b12-8-/t9-/m1/s1. The maximum atomic E-state index is 11.5. The van der Waals surface area contributed by atoms with Crippen molar-refractivity contribution in [3.05, 3.63) is 41.1 Å². The maximum Gasteiger partial charge on any atom is 0.376 e. The van der Waals surface area contributed by atoms with Crippen LogP contribution in [0, 0.1) is 5.21 Å². The van der Waals surface area contributed by atoms with E-state index in [0.29, 0.717) is 4.74 Å². The topological polar surface area (TPSA) is 52.4 Å². The van der Waals surface area contributed by atoms with Crippen LogP contribution in [0.2, 0.25) is 0 Å². The summed E-state index contributed by atoms with van der Waals surface area (Å²) in [5, 5.41) is 11.5. The third kappa shape index (κ3) is 3.09. The summed E-state index contributed by atoms with van der Waals surface area (Å²) in [4.78, 5) is 11.1. The quantitative estimate of drug-likeness (QED) is 0.246. The zero-order chi connectivity index (χ0) is 11.3. The van der Waals surface area contributed by atoms with E-state index in [1.807, 2.05) is 18.2 Å². The number of hydrogen-bond donors (Lipinski definition) is 0. The zero-order valence-electron chi connectivity index (χ0n) is 8.71. The second-order valence-electron chi connectivity index (χ2n) is 3.10. The van der Waals surface area contributed by atoms with Gasteiger partial charge in [-0.1, -0.05) is 18.2 Å². The number of hydrogen-bond acceptors (Lipinski definition) is 3. The number of esters is 1. The Labute approximate surface area is 88.4 Å². The molecule has 0 radical (unpaired) electrons. The number of carbonyl (C=O) groups excluding carboxylic acids is 1. The lowest BCUT2D eigenvalue weighted by atomic mass is 10.2. The molecule has 0 unspecified atom stereocenters. The van der Waals surface area contributed by atoms with E-state index >= 15 is 0 Å². The summed E-state index contributed by atoms with van der Waals surface area (Å²) in [6.07, 6.45) is 1.36. The Kier molecular flexibility index (Phi) is 3.85. The van der Waals surface area contributed by atoms with Crippen LogP contribution in [0.25, 0.3) is 0 Å². The number of hydroxylamine groups is 1. The molecule has 0 amide bonds. The molecule has 80 valence electrons. The van der Waals surface area contributed by atoms with Crippen LogP contribution in [0.5, 0.6) is 0 Å². The highest BCUT2D eigenvalue weighted by molar-refractivity contribution is 5.78. The van der Waals surface area contributed by atoms with Crippen LogP contribution in [-0.4, -0.2) is 30.1 Å². The Morgan fingerprint density at radius 1 is 1.47 bits per heavy atom. The fraction of sp³-hybridized carbons (Fsp3) is 0.273. The molecule has 0 heterocycles. The average Bonchev–Trinajstić information content (AvgIpc) is 2.28. The SMILES string of the molecule is COC(=O)[C@@H](C)/[N+]([O-])=C/c1ccccc1. The van der Waals surface area contributed by atoms with Crippen LogP contribution in [-0.2, 0) is 9.53 Å². The van der Waals surface area contributed by atoms with E-state index in [9.17, 15) is 10.0 Å². The normalized spacial score (nSPS) is 13.3. The van der Waals surface area contributed by atoms with Crippen molar-refractivity contribution in [1.82, 2.24) is 0 Å². The molecule has 0 bridgehead atoms. The minimum atomic E-state index is -0.824. The molecule has 0 N–H and O–H groups in total. The summed E-state index contributed by atoms with van der Waals surface area (Å²) in [7, 11) is 1.26. The molecule has 4 nitrogen and oxygen atoms in total. The van der Waals surface area contributed by atoms with Crippen LogP contribution in [0.1, 0.15) is 12.5 Å². The van der Waals surface area contributed by atoms with Gasteiger partial charge in [0.1, 0.15) is 0 Å². The lowest BCUT2D eigenvalue weighted by Gasteiger charge is -2.09. The highest BCUT2D eigenvalue weighted by Gasteiger charge is 2.20. The van der Waals surface area contributed by atoms with Gasteiger partial charge in [-0.05, 0) is 12.1 Å². The van der Waals surface area contributed by atoms with Gasteiger partial charge in [-0.15, -0.1) is 0 Å². The number of methoxy groups -OCH3 is 1. The Morgan fingerprint density at radius 2 is 2.07 bits per heavy atom. The van der Waals surface area contributed by atoms with Gasteiger partial charge >= 0.3 is 5.97 Å². The number of ether oxygens (including phenoxy) is 1. The van der Waals surface area contributed by atoms with Crippen molar-refractivity contribution < 1.29 is 14.3 Å². The van der Waals surface area contributed by atoms with Crippen LogP contribution >= 0.6 is 0 Å². The molecule has 15 heavy (non-hydrogen) atoms. The number of rotatable bonds is 3. The minimum absolute atomic E-state index is 0.544. The largest absolute Gasteiger partial charge is 0.623 e. The van der Waals surface area contributed by atoms with E-state index in [2.05, 4.69) is 4.74 Å². The summed E-state index contributed by atoms with van der Waals surface area (Å²) in [6, 6.07) is 8.25. The predicted molar refractivity (Wildman–Crippen MR) is 56.7 cm³/mol. The van der Waals surface area contributed by atoms with E-state index in [1.165, 1.54) is 20.2 Å². The summed E-state index contributed by atoms with van der Waals surface area (Å²) >= 11 is 0. The van der Waals surface area contributed by atoms with Gasteiger partial charge in [0.05, 0.1) is 7.11 Å². The second-order valence-corrected chi connectivity index (χ2v) is 3.10. The summed E-state index contributed by atoms with van der Waals surface area (Å²) in [5.41, 5.74) is 0.753. The monoisotopic (exact) mass is 207 g/mol. The second kappa shape index (κ2) is 5.14. The Hall–Kier alpha value is -1.84. The van der Waals surface area contributed by atoms with Gasteiger partial charge < -0.3 is 9.94 Å². The molecule has 0 aliphatic carbocycles. The van der Waals surface area contributed by atoms with Crippen molar-refractivity contribution in [2.24, 2.45) is 0 Å². The van der Waals surface area contributed by atoms with Gasteiger partial charge in [0.25, 0.3) is 6.04 Å². The Bertz CT molecular complexity index is 359. The highest BCUT2D eigenvalue weighted by Crippen LogP contribution is 1.97. The minimum Gasteiger partial charge on any atom is -0.623 e. The van der Waals surface area contributed by atoms with Crippen molar-refractivity contribution in [2.75, 3.05) is 7.11 Å². The van der Waals surface area contributed by atoms with E-state index in [4.69, 9.17) is 0 Å². The predicted octanol–water partition coefficient (Wildman–Crippen LogP) is 1.18. The fourth-order valence-electron chi connectivity index (χ4n) is 1.07. The third-order valence-electron chi connectivity index (χ3n) is 2.00. The van der Waals surface area contributed by atoms with Crippen molar-refractivity contribution in [3.63, 3.8) is 0 Å². The third-order valence-corrected chi connectivity index (χ3v) is 2.00. The maximum absolute atomic E-state index is 11.5. The molecule has 1 rings (SSSR count). The van der Waals surface area contributed by atoms with Crippen LogP contribution in [0.15, 0.2) is 30.3 Å². The first-order valence-corrected chi connectivity index (χ1v) is 4.58. The zero-order valence-corrected chi connectivity index (χ0v) is 8.71. The lowest BCUT2D eigenvalue weighted by Crippen LogP contribution is -2.29. The Morgan fingerprint density at radius 3 is 2.60 bits per heavy atom. The molecule has 0 aliphatic rings. The molecule has 1 aromatic carbocycles. The van der Waals surface area contributed by atoms with Crippen LogP contribution in [0.3, 0.4) is 0 Å². The lowest BCUT2D eigenvalue weighted by molar-refractivity contribution is -0.479. The molecule has 0 fully saturated rings. The van der Waals surface area contributed by atoms with Gasteiger partial charge in [-0.3, -0.25) is 0 Å². The van der Waals surface area contributed by atoms with E-state index in [1.54, 1.807) is 12.1 Å². The van der Waals surface area contributed by atoms with Gasteiger partial charge in [0.2, 0.25) is 0 Å². The molecule has 0 aliphatic heterocycles. The molecule has 0 aromatic heterocycles. The number of nitrogens with zero attached hydrogens (tertiary/aromatic N) is 1. The molecule has 1 aromatic rings. The summed E-state index contributed by atoms with van der Waals surface area (Å²) in [5.74, 6) is -0.544. The molecular weight excluding hydrogens is 194 g/mol. The first kappa shape index (κ1) is 11.2. The highest BCUT2D eigenvalue weighted by atomic mass is 16.5. The molecule has 0 saturated carbocycles. The first-order chi connectivity index (χ1) is 7.15. The number of benzene rings is 1. The molecule has 4 heteroatoms. The van der Waals surface area contributed by atoms with Crippen LogP contribution in [0.4, 0.5) is 0 Å². The Balaban J connectivity index is 2.80. The van der Waals surface area contributed by atoms with E-state index < -0.39 is 12.0 Å². The van der Waals surface area contributed by atoms with E-state index in [-0.39, 0.29) is 0 Å². The van der Waals surface area contributed by atoms with E-state index in [0.717, 1.165) is 5.56 Å². The smallest absolute Gasteiger partial charge is 0.376 e. The van der Waals surface area contributed by atoms with Crippen molar-refractivity contribution in [1.29, 1.82) is 0 Å². The molecule has 1 atom stereocenters. The fourth-order valence-corrected chi connectivity index (χ4v) is 1.07. The van der Waals surface area contributed by atoms with Gasteiger partial charge in [-0.25, -0.2) is 4.79 Å². The van der Waals surface area contributed by atoms with Gasteiger partial charge in [0.15, 0.2) is 6.21 Å². The van der Waals surface area contributed by atoms with Gasteiger partial charge in [0, 0.05) is 12.5 Å². The average molecular weight is 207 g/mol. The summed E-state index contributed by atoms with van der Waals surface area (Å²) < 4.78 is 5.05. The van der Waals surface area contributed by atoms with Gasteiger partial charge in [-0.2, -0.15) is 4.74 Å². The number of carbonyl (C=O) groups is 1. The van der Waals surface area contributed by atoms with Crippen molar-refractivity contribution >= 4 is 12.2 Å². The van der Waals surface area contributed by atoms with Crippen molar-refractivity contribution in [3.8, 4) is 0 Å². The molecular formula is C11H13NO3. The first-order valence-electron chi connectivity index (χ1n) is 4.58.